The highest BCUT2D eigenvalue weighted by atomic mass is 16.5. The van der Waals surface area contributed by atoms with E-state index in [0.717, 1.165) is 35.1 Å². The van der Waals surface area contributed by atoms with Crippen molar-refractivity contribution in [3.63, 3.8) is 0 Å². The summed E-state index contributed by atoms with van der Waals surface area (Å²) in [5.41, 5.74) is 9.29. The smallest absolute Gasteiger partial charge is 0.408 e. The molecule has 0 aromatic heterocycles. The average Bonchev–Trinajstić information content (AvgIpc) is 3.22. The van der Waals surface area contributed by atoms with Crippen LogP contribution in [0, 0.1) is 11.8 Å². The summed E-state index contributed by atoms with van der Waals surface area (Å²) in [6.07, 6.45) is 0.720. The lowest BCUT2D eigenvalue weighted by Crippen LogP contribution is -2.66. The van der Waals surface area contributed by atoms with Crippen molar-refractivity contribution in [3.05, 3.63) is 132 Å². The molecule has 0 heterocycles. The second-order valence-electron chi connectivity index (χ2n) is 14.9. The van der Waals surface area contributed by atoms with E-state index in [0.29, 0.717) is 12.0 Å². The molecule has 0 aliphatic heterocycles. The number of Topliss-reactive ketones (excluding diaryl/α,β-unsaturated/α-hetero) is 1. The molecule has 0 radical (unpaired) electrons. The molecule has 4 aromatic carbocycles. The van der Waals surface area contributed by atoms with Gasteiger partial charge in [0.2, 0.25) is 11.8 Å². The largest absolute Gasteiger partial charge is 0.445 e. The average molecular weight is 779 g/mol. The first-order chi connectivity index (χ1) is 27.5. The highest BCUT2D eigenvalue weighted by Crippen LogP contribution is 2.29. The topological polar surface area (TPSA) is 180 Å². The number of nitrogens with two attached hydrogens (primary N) is 1. The molecule has 11 heteroatoms. The first-order valence-electron chi connectivity index (χ1n) is 19.8. The molecule has 0 aliphatic carbocycles. The summed E-state index contributed by atoms with van der Waals surface area (Å²) in [5, 5.41) is 30.1. The van der Waals surface area contributed by atoms with Gasteiger partial charge >= 0.3 is 6.09 Å². The lowest BCUT2D eigenvalue weighted by atomic mass is 9.77. The summed E-state index contributed by atoms with van der Waals surface area (Å²) < 4.78 is 5.42. The molecule has 0 saturated carbocycles. The molecule has 0 spiro atoms. The fourth-order valence-corrected chi connectivity index (χ4v) is 6.80. The number of rotatable bonds is 22. The van der Waals surface area contributed by atoms with Crippen LogP contribution >= 0.6 is 0 Å². The van der Waals surface area contributed by atoms with Crippen molar-refractivity contribution < 1.29 is 34.1 Å². The number of amides is 3. The highest BCUT2D eigenvalue weighted by molar-refractivity contribution is 5.95. The van der Waals surface area contributed by atoms with E-state index in [-0.39, 0.29) is 38.3 Å². The van der Waals surface area contributed by atoms with Gasteiger partial charge in [0.25, 0.3) is 0 Å². The maximum atomic E-state index is 14.6. The van der Waals surface area contributed by atoms with Crippen molar-refractivity contribution in [2.45, 2.75) is 89.6 Å². The normalized spacial score (nSPS) is 14.4. The van der Waals surface area contributed by atoms with Crippen molar-refractivity contribution >= 4 is 23.7 Å². The van der Waals surface area contributed by atoms with Crippen LogP contribution in [0.2, 0.25) is 0 Å². The molecule has 7 N–H and O–H groups in total. The van der Waals surface area contributed by atoms with E-state index >= 15 is 0 Å². The minimum Gasteiger partial charge on any atom is -0.445 e. The van der Waals surface area contributed by atoms with Crippen LogP contribution in [0.1, 0.15) is 63.1 Å². The standard InChI is InChI=1S/C46H58N4O7/c1-4-5-9-26-40(52)42(53)41(32(2)3)50-44(55)46(47,28-36-24-16-17-25-38(36)35-22-14-8-15-23-35)37(30-51)29-48-43(54)39(27-33-18-10-6-11-19-33)49-45(56)57-31-34-20-12-7-13-21-34/h6-8,10-25,32,37,39-41,51-52H,4-5,9,26-31,47H2,1-3H3,(H,48,54)(H,49,56)(H,50,55)/t37?,39-,40?,41?,46+/m0/s1. The van der Waals surface area contributed by atoms with Crippen LogP contribution in [0.15, 0.2) is 115 Å². The molecule has 0 aliphatic rings. The van der Waals surface area contributed by atoms with Crippen LogP contribution in [0.25, 0.3) is 11.1 Å². The fraction of sp³-hybridized carbons (Fsp3) is 0.391. The molecule has 4 rings (SSSR count). The van der Waals surface area contributed by atoms with Gasteiger partial charge in [0.1, 0.15) is 24.3 Å². The minimum absolute atomic E-state index is 0.00381. The van der Waals surface area contributed by atoms with Gasteiger partial charge in [0, 0.05) is 31.9 Å². The SMILES string of the molecule is CCCCCC(O)C(=O)C(NC(=O)[C@@](N)(Cc1ccccc1-c1ccccc1)C(CO)CNC(=O)[C@H](Cc1ccccc1)NC(=O)OCc1ccccc1)C(C)C. The highest BCUT2D eigenvalue weighted by Gasteiger charge is 2.45. The van der Waals surface area contributed by atoms with E-state index < -0.39 is 59.9 Å². The van der Waals surface area contributed by atoms with E-state index in [2.05, 4.69) is 16.0 Å². The van der Waals surface area contributed by atoms with E-state index in [1.54, 1.807) is 13.8 Å². The zero-order valence-corrected chi connectivity index (χ0v) is 33.2. The van der Waals surface area contributed by atoms with Gasteiger partial charge in [-0.2, -0.15) is 0 Å². The predicted molar refractivity (Wildman–Crippen MR) is 222 cm³/mol. The monoisotopic (exact) mass is 778 g/mol. The quantitative estimate of drug-likeness (QED) is 0.0566. The van der Waals surface area contributed by atoms with Crippen LogP contribution in [0.5, 0.6) is 0 Å². The fourth-order valence-electron chi connectivity index (χ4n) is 6.80. The molecule has 3 amide bonds. The number of unbranched alkanes of at least 4 members (excludes halogenated alkanes) is 2. The van der Waals surface area contributed by atoms with Gasteiger partial charge in [-0.3, -0.25) is 14.4 Å². The van der Waals surface area contributed by atoms with E-state index in [1.165, 1.54) is 0 Å². The van der Waals surface area contributed by atoms with E-state index in [4.69, 9.17) is 10.5 Å². The number of carbonyl (C=O) groups is 4. The van der Waals surface area contributed by atoms with Gasteiger partial charge in [0.15, 0.2) is 5.78 Å². The Labute approximate surface area is 336 Å². The van der Waals surface area contributed by atoms with Crippen LogP contribution < -0.4 is 21.7 Å². The van der Waals surface area contributed by atoms with Crippen LogP contribution in [-0.4, -0.2) is 70.8 Å². The summed E-state index contributed by atoms with van der Waals surface area (Å²) in [7, 11) is 0. The molecule has 0 saturated heterocycles. The first-order valence-corrected chi connectivity index (χ1v) is 19.8. The van der Waals surface area contributed by atoms with Gasteiger partial charge in [-0.25, -0.2) is 4.79 Å². The Balaban J connectivity index is 1.62. The number of aliphatic hydroxyl groups excluding tert-OH is 2. The number of ketones is 1. The Hall–Kier alpha value is -5.36. The van der Waals surface area contributed by atoms with Gasteiger partial charge in [-0.15, -0.1) is 0 Å². The van der Waals surface area contributed by atoms with Crippen LogP contribution in [-0.2, 0) is 38.6 Å². The summed E-state index contributed by atoms with van der Waals surface area (Å²) in [6.45, 7) is 4.73. The number of ether oxygens (including phenoxy) is 1. The summed E-state index contributed by atoms with van der Waals surface area (Å²) in [5.74, 6) is -3.25. The summed E-state index contributed by atoms with van der Waals surface area (Å²) >= 11 is 0. The summed E-state index contributed by atoms with van der Waals surface area (Å²) in [6, 6.07) is 33.3. The molecule has 0 bridgehead atoms. The van der Waals surface area contributed by atoms with Crippen molar-refractivity contribution in [2.75, 3.05) is 13.2 Å². The number of hydrogen-bond acceptors (Lipinski definition) is 8. The molecule has 4 aromatic rings. The van der Waals surface area contributed by atoms with E-state index in [9.17, 15) is 29.4 Å². The number of carbonyl (C=O) groups excluding carboxylic acids is 4. The third-order valence-corrected chi connectivity index (χ3v) is 10.3. The minimum atomic E-state index is -1.87. The van der Waals surface area contributed by atoms with Crippen LogP contribution in [0.3, 0.4) is 0 Å². The molecule has 304 valence electrons. The number of alkyl carbamates (subject to hydrolysis) is 1. The van der Waals surface area contributed by atoms with Gasteiger partial charge < -0.3 is 36.6 Å². The van der Waals surface area contributed by atoms with Gasteiger partial charge in [-0.05, 0) is 40.2 Å². The van der Waals surface area contributed by atoms with Crippen molar-refractivity contribution in [1.29, 1.82) is 0 Å². The zero-order valence-electron chi connectivity index (χ0n) is 33.2. The molecule has 5 atom stereocenters. The number of nitrogens with one attached hydrogen (secondary N) is 3. The number of hydrogen-bond donors (Lipinski definition) is 6. The third kappa shape index (κ3) is 13.1. The molecule has 57 heavy (non-hydrogen) atoms. The van der Waals surface area contributed by atoms with Crippen LogP contribution in [0.4, 0.5) is 4.79 Å². The predicted octanol–water partition coefficient (Wildman–Crippen LogP) is 5.51. The van der Waals surface area contributed by atoms with Crippen molar-refractivity contribution in [1.82, 2.24) is 16.0 Å². The Morgan fingerprint density at radius 3 is 2.00 bits per heavy atom. The molecule has 3 unspecified atom stereocenters. The molecular formula is C46H58N4O7. The first kappa shape index (κ1) is 44.4. The second kappa shape index (κ2) is 22.4. The van der Waals surface area contributed by atoms with E-state index in [1.807, 2.05) is 122 Å². The zero-order chi connectivity index (χ0) is 41.2. The second-order valence-corrected chi connectivity index (χ2v) is 14.9. The Morgan fingerprint density at radius 1 is 0.789 bits per heavy atom. The third-order valence-electron chi connectivity index (χ3n) is 10.3. The number of aliphatic hydroxyl groups is 2. The molecular weight excluding hydrogens is 721 g/mol. The molecule has 11 nitrogen and oxygen atoms in total. The molecule has 0 fully saturated rings. The van der Waals surface area contributed by atoms with Gasteiger partial charge in [0.05, 0.1) is 6.04 Å². The maximum Gasteiger partial charge on any atom is 0.408 e. The lowest BCUT2D eigenvalue weighted by molar-refractivity contribution is -0.137. The van der Waals surface area contributed by atoms with Crippen molar-refractivity contribution in [3.8, 4) is 11.1 Å². The Morgan fingerprint density at radius 2 is 1.39 bits per heavy atom. The Bertz CT molecular complexity index is 1860. The summed E-state index contributed by atoms with van der Waals surface area (Å²) in [4.78, 5) is 55.1. The van der Waals surface area contributed by atoms with Gasteiger partial charge in [-0.1, -0.05) is 155 Å². The van der Waals surface area contributed by atoms with Crippen molar-refractivity contribution in [2.24, 2.45) is 17.6 Å². The Kier molecular flexibility index (Phi) is 17.4. The number of benzene rings is 4. The lowest BCUT2D eigenvalue weighted by Gasteiger charge is -2.38. The maximum absolute atomic E-state index is 14.6.